The monoisotopic (exact) mass is 395 g/mol. The fourth-order valence-electron chi connectivity index (χ4n) is 4.27. The van der Waals surface area contributed by atoms with Gasteiger partial charge in [0.25, 0.3) is 0 Å². The summed E-state index contributed by atoms with van der Waals surface area (Å²) in [5.41, 5.74) is 5.24. The van der Waals surface area contributed by atoms with Crippen molar-refractivity contribution >= 4 is 17.6 Å². The van der Waals surface area contributed by atoms with Crippen LogP contribution < -0.4 is 0 Å². The van der Waals surface area contributed by atoms with Crippen molar-refractivity contribution in [3.05, 3.63) is 82.1 Å². The van der Waals surface area contributed by atoms with Gasteiger partial charge in [0, 0.05) is 28.5 Å². The summed E-state index contributed by atoms with van der Waals surface area (Å²) in [4.78, 5) is 12.4. The molecule has 2 unspecified atom stereocenters. The van der Waals surface area contributed by atoms with Crippen molar-refractivity contribution in [3.63, 3.8) is 0 Å². The van der Waals surface area contributed by atoms with Crippen molar-refractivity contribution in [2.45, 2.75) is 32.4 Å². The molecule has 0 bridgehead atoms. The molecule has 144 valence electrons. The van der Waals surface area contributed by atoms with Crippen LogP contribution in [0.25, 0.3) is 11.1 Å². The second-order valence-corrected chi connectivity index (χ2v) is 7.92. The number of carboxylic acids is 1. The second-order valence-electron chi connectivity index (χ2n) is 7.49. The van der Waals surface area contributed by atoms with Gasteiger partial charge < -0.3 is 14.8 Å². The molecule has 0 spiro atoms. The lowest BCUT2D eigenvalue weighted by molar-refractivity contribution is -0.137. The Hall–Kier alpha value is -2.56. The van der Waals surface area contributed by atoms with Crippen molar-refractivity contribution in [1.82, 2.24) is 4.57 Å². The van der Waals surface area contributed by atoms with E-state index in [1.807, 2.05) is 24.3 Å². The van der Waals surface area contributed by atoms with Crippen molar-refractivity contribution in [1.29, 1.82) is 0 Å². The maximum absolute atomic E-state index is 12.4. The predicted octanol–water partition coefficient (Wildman–Crippen LogP) is 4.71. The van der Waals surface area contributed by atoms with Gasteiger partial charge in [-0.15, -0.1) is 0 Å². The highest BCUT2D eigenvalue weighted by Gasteiger charge is 2.33. The number of hydrogen-bond acceptors (Lipinski definition) is 2. The normalized spacial score (nSPS) is 16.8. The van der Waals surface area contributed by atoms with E-state index in [0.29, 0.717) is 22.1 Å². The Labute approximate surface area is 169 Å². The topological polar surface area (TPSA) is 62.5 Å². The molecule has 0 aliphatic carbocycles. The molecule has 28 heavy (non-hydrogen) atoms. The molecule has 1 aliphatic heterocycles. The van der Waals surface area contributed by atoms with Crippen LogP contribution in [0.1, 0.15) is 35.4 Å². The zero-order chi connectivity index (χ0) is 19.8. The summed E-state index contributed by atoms with van der Waals surface area (Å²) in [5.74, 6) is -1.34. The number of aromatic nitrogens is 1. The molecule has 0 saturated heterocycles. The molecule has 0 radical (unpaired) electrons. The number of halogens is 1. The highest BCUT2D eigenvalue weighted by molar-refractivity contribution is 6.30. The van der Waals surface area contributed by atoms with E-state index in [-0.39, 0.29) is 6.61 Å². The van der Waals surface area contributed by atoms with Crippen molar-refractivity contribution < 1.29 is 15.0 Å². The summed E-state index contributed by atoms with van der Waals surface area (Å²) in [5, 5.41) is 20.4. The average Bonchev–Trinajstić information content (AvgIpc) is 3.21. The number of rotatable bonds is 5. The van der Waals surface area contributed by atoms with Gasteiger partial charge >= 0.3 is 5.97 Å². The molecule has 0 amide bonds. The first kappa shape index (κ1) is 18.8. The Morgan fingerprint density at radius 1 is 1.21 bits per heavy atom. The van der Waals surface area contributed by atoms with E-state index in [9.17, 15) is 15.0 Å². The lowest BCUT2D eigenvalue weighted by Crippen LogP contribution is -2.19. The number of hydrogen-bond donors (Lipinski definition) is 2. The summed E-state index contributed by atoms with van der Waals surface area (Å²) < 4.78 is 2.15. The van der Waals surface area contributed by atoms with Gasteiger partial charge in [-0.2, -0.15) is 0 Å². The fraction of sp³-hybridized carbons (Fsp3) is 0.261. The SMILES string of the molecule is CC1Cc2c(-c3ccccc3)cc(C(C(=O)O)c3ccc(Cl)cc3CO)n2C1. The first-order valence-corrected chi connectivity index (χ1v) is 9.77. The summed E-state index contributed by atoms with van der Waals surface area (Å²) in [6.45, 7) is 2.72. The third-order valence-corrected chi connectivity index (χ3v) is 5.73. The van der Waals surface area contributed by atoms with Gasteiger partial charge in [0.1, 0.15) is 5.92 Å². The third kappa shape index (κ3) is 3.23. The van der Waals surface area contributed by atoms with Crippen LogP contribution >= 0.6 is 11.6 Å². The molecule has 0 saturated carbocycles. The van der Waals surface area contributed by atoms with E-state index < -0.39 is 11.9 Å². The quantitative estimate of drug-likeness (QED) is 0.657. The zero-order valence-corrected chi connectivity index (χ0v) is 16.4. The number of nitrogens with zero attached hydrogens (tertiary/aromatic N) is 1. The number of carboxylic acid groups (broad SMARTS) is 1. The first-order chi connectivity index (χ1) is 13.5. The number of carbonyl (C=O) groups is 1. The third-order valence-electron chi connectivity index (χ3n) is 5.49. The van der Waals surface area contributed by atoms with E-state index in [0.717, 1.165) is 29.8 Å². The van der Waals surface area contributed by atoms with Gasteiger partial charge in [0.05, 0.1) is 6.61 Å². The van der Waals surface area contributed by atoms with Gasteiger partial charge in [-0.1, -0.05) is 54.9 Å². The summed E-state index contributed by atoms with van der Waals surface area (Å²) in [6, 6.07) is 17.1. The minimum absolute atomic E-state index is 0.255. The van der Waals surface area contributed by atoms with Crippen LogP contribution in [0, 0.1) is 5.92 Å². The maximum atomic E-state index is 12.4. The van der Waals surface area contributed by atoms with Crippen LogP contribution in [-0.4, -0.2) is 20.7 Å². The van der Waals surface area contributed by atoms with Gasteiger partial charge in [0.2, 0.25) is 0 Å². The number of aliphatic hydroxyl groups is 1. The van der Waals surface area contributed by atoms with E-state index in [1.54, 1.807) is 18.2 Å². The molecule has 0 fully saturated rings. The molecule has 5 heteroatoms. The van der Waals surface area contributed by atoms with Crippen LogP contribution in [0.15, 0.2) is 54.6 Å². The molecule has 2 atom stereocenters. The number of fused-ring (bicyclic) bond motifs is 1. The van der Waals surface area contributed by atoms with Crippen molar-refractivity contribution in [2.24, 2.45) is 5.92 Å². The smallest absolute Gasteiger partial charge is 0.317 e. The Bertz CT molecular complexity index is 1030. The fourth-order valence-corrected chi connectivity index (χ4v) is 4.47. The number of aliphatic carboxylic acids is 1. The van der Waals surface area contributed by atoms with E-state index >= 15 is 0 Å². The van der Waals surface area contributed by atoms with Gasteiger partial charge in [-0.25, -0.2) is 0 Å². The van der Waals surface area contributed by atoms with E-state index in [2.05, 4.69) is 23.6 Å². The molecule has 2 aromatic carbocycles. The van der Waals surface area contributed by atoms with Gasteiger partial charge in [-0.05, 0) is 47.2 Å². The lowest BCUT2D eigenvalue weighted by atomic mass is 9.90. The Balaban J connectivity index is 1.91. The largest absolute Gasteiger partial charge is 0.480 e. The van der Waals surface area contributed by atoms with E-state index in [1.165, 1.54) is 5.69 Å². The molecule has 2 heterocycles. The van der Waals surface area contributed by atoms with Crippen LogP contribution in [0.4, 0.5) is 0 Å². The molecular formula is C23H22ClNO3. The second kappa shape index (κ2) is 7.46. The Morgan fingerprint density at radius 2 is 1.96 bits per heavy atom. The van der Waals surface area contributed by atoms with Crippen molar-refractivity contribution in [2.75, 3.05) is 0 Å². The minimum Gasteiger partial charge on any atom is -0.480 e. The lowest BCUT2D eigenvalue weighted by Gasteiger charge is -2.18. The van der Waals surface area contributed by atoms with Crippen LogP contribution in [-0.2, 0) is 24.4 Å². The highest BCUT2D eigenvalue weighted by Crippen LogP contribution is 2.40. The van der Waals surface area contributed by atoms with Crippen molar-refractivity contribution in [3.8, 4) is 11.1 Å². The Morgan fingerprint density at radius 3 is 2.64 bits per heavy atom. The number of benzene rings is 2. The van der Waals surface area contributed by atoms with E-state index in [4.69, 9.17) is 11.6 Å². The van der Waals surface area contributed by atoms with Crippen LogP contribution in [0.2, 0.25) is 5.02 Å². The maximum Gasteiger partial charge on any atom is 0.317 e. The van der Waals surface area contributed by atoms with Gasteiger partial charge in [-0.3, -0.25) is 4.79 Å². The highest BCUT2D eigenvalue weighted by atomic mass is 35.5. The minimum atomic E-state index is -0.934. The predicted molar refractivity (Wildman–Crippen MR) is 110 cm³/mol. The summed E-state index contributed by atoms with van der Waals surface area (Å²) >= 11 is 6.06. The van der Waals surface area contributed by atoms with Gasteiger partial charge in [0.15, 0.2) is 0 Å². The van der Waals surface area contributed by atoms with Crippen LogP contribution in [0.5, 0.6) is 0 Å². The molecule has 1 aliphatic rings. The molecule has 4 nitrogen and oxygen atoms in total. The average molecular weight is 396 g/mol. The van der Waals surface area contributed by atoms with Crippen LogP contribution in [0.3, 0.4) is 0 Å². The zero-order valence-electron chi connectivity index (χ0n) is 15.6. The molecule has 2 N–H and O–H groups in total. The first-order valence-electron chi connectivity index (χ1n) is 9.39. The summed E-state index contributed by atoms with van der Waals surface area (Å²) in [7, 11) is 0. The molecule has 1 aromatic heterocycles. The molecular weight excluding hydrogens is 374 g/mol. The molecule has 3 aromatic rings. The number of aliphatic hydroxyl groups excluding tert-OH is 1. The summed E-state index contributed by atoms with van der Waals surface area (Å²) in [6.07, 6.45) is 0.921. The Kier molecular flexibility index (Phi) is 5.00. The standard InChI is InChI=1S/C23H22ClNO3/c1-14-9-20-19(15-5-3-2-4-6-15)11-21(25(20)12-14)22(23(27)28)18-8-7-17(24)10-16(18)13-26/h2-8,10-11,14,22,26H,9,12-13H2,1H3,(H,27,28). The molecule has 4 rings (SSSR count).